The number of hydrogen-bond acceptors (Lipinski definition) is 6. The standard InChI is InChI=1S/C19H31F2N5O4/c1-19(2)9-7-26(18(30)10(22)6-12(20)21)14(13(9)19)17(29)25-11(15(23)27)5-8-3-4-24-16(8)28/h8-14,18,30H,3-7,22H2,1-2H3,(H2,23,27)(H,24,28)(H,25,29)/t8-,9-,10-,11-,13-,14-,18?/m0/s1. The van der Waals surface area contributed by atoms with Crippen LogP contribution in [0.3, 0.4) is 0 Å². The van der Waals surface area contributed by atoms with Crippen molar-refractivity contribution in [2.45, 2.75) is 63.9 Å². The number of rotatable bonds is 9. The Hall–Kier alpha value is -1.85. The number of likely N-dealkylation sites (tertiary alicyclic amines) is 1. The third kappa shape index (κ3) is 4.28. The van der Waals surface area contributed by atoms with Crippen LogP contribution in [0.1, 0.15) is 33.1 Å². The number of nitrogens with zero attached hydrogens (tertiary/aromatic N) is 1. The molecule has 170 valence electrons. The van der Waals surface area contributed by atoms with E-state index in [1.54, 1.807) is 0 Å². The van der Waals surface area contributed by atoms with Gasteiger partial charge in [0.1, 0.15) is 12.3 Å². The van der Waals surface area contributed by atoms with E-state index in [0.29, 0.717) is 19.5 Å². The van der Waals surface area contributed by atoms with Crippen LogP contribution in [0.25, 0.3) is 0 Å². The topological polar surface area (TPSA) is 151 Å². The van der Waals surface area contributed by atoms with Gasteiger partial charge in [0, 0.05) is 31.5 Å². The van der Waals surface area contributed by atoms with Crippen molar-refractivity contribution in [2.24, 2.45) is 34.6 Å². The highest BCUT2D eigenvalue weighted by atomic mass is 19.3. The van der Waals surface area contributed by atoms with Crippen molar-refractivity contribution in [3.63, 3.8) is 0 Å². The lowest BCUT2D eigenvalue weighted by molar-refractivity contribution is -0.137. The molecule has 0 radical (unpaired) electrons. The Balaban J connectivity index is 1.72. The molecule has 1 saturated carbocycles. The van der Waals surface area contributed by atoms with E-state index >= 15 is 0 Å². The smallest absolute Gasteiger partial charge is 0.240 e. The molecule has 7 atom stereocenters. The summed E-state index contributed by atoms with van der Waals surface area (Å²) in [6, 6.07) is -3.07. The van der Waals surface area contributed by atoms with E-state index in [1.807, 2.05) is 13.8 Å². The van der Waals surface area contributed by atoms with E-state index < -0.39 is 54.9 Å². The van der Waals surface area contributed by atoms with Crippen molar-refractivity contribution >= 4 is 17.7 Å². The van der Waals surface area contributed by atoms with Crippen LogP contribution >= 0.6 is 0 Å². The molecule has 3 aliphatic rings. The second-order valence-corrected chi connectivity index (χ2v) is 9.28. The van der Waals surface area contributed by atoms with Gasteiger partial charge in [-0.25, -0.2) is 8.78 Å². The van der Waals surface area contributed by atoms with Crippen LogP contribution in [0.15, 0.2) is 0 Å². The molecule has 7 N–H and O–H groups in total. The Kier molecular flexibility index (Phi) is 6.35. The molecule has 2 aliphatic heterocycles. The van der Waals surface area contributed by atoms with Gasteiger partial charge >= 0.3 is 0 Å². The molecule has 0 aromatic rings. The Morgan fingerprint density at radius 3 is 2.60 bits per heavy atom. The third-order valence-electron chi connectivity index (χ3n) is 7.03. The van der Waals surface area contributed by atoms with Crippen molar-refractivity contribution in [2.75, 3.05) is 13.1 Å². The maximum Gasteiger partial charge on any atom is 0.240 e. The molecule has 1 unspecified atom stereocenters. The molecule has 2 saturated heterocycles. The molecular formula is C19H31F2N5O4. The number of alkyl halides is 2. The number of primary amides is 1. The van der Waals surface area contributed by atoms with Gasteiger partial charge in [0.25, 0.3) is 0 Å². The number of aliphatic hydroxyl groups excluding tert-OH is 1. The summed E-state index contributed by atoms with van der Waals surface area (Å²) in [4.78, 5) is 38.3. The van der Waals surface area contributed by atoms with Crippen LogP contribution in [0, 0.1) is 23.2 Å². The second kappa shape index (κ2) is 8.35. The zero-order valence-electron chi connectivity index (χ0n) is 17.2. The molecule has 1 aliphatic carbocycles. The van der Waals surface area contributed by atoms with E-state index in [1.165, 1.54) is 4.90 Å². The number of hydrogen-bond donors (Lipinski definition) is 5. The molecular weight excluding hydrogens is 400 g/mol. The second-order valence-electron chi connectivity index (χ2n) is 9.28. The maximum absolute atomic E-state index is 13.1. The van der Waals surface area contributed by atoms with E-state index in [9.17, 15) is 28.3 Å². The number of aliphatic hydroxyl groups is 1. The third-order valence-corrected chi connectivity index (χ3v) is 7.03. The van der Waals surface area contributed by atoms with Crippen LogP contribution in [0.5, 0.6) is 0 Å². The highest BCUT2D eigenvalue weighted by Crippen LogP contribution is 2.65. The van der Waals surface area contributed by atoms with Gasteiger partial charge in [0.2, 0.25) is 24.1 Å². The first kappa shape index (κ1) is 22.8. The van der Waals surface area contributed by atoms with Crippen molar-refractivity contribution in [3.8, 4) is 0 Å². The first-order chi connectivity index (χ1) is 13.9. The van der Waals surface area contributed by atoms with Crippen molar-refractivity contribution < 1.29 is 28.3 Å². The Morgan fingerprint density at radius 2 is 2.07 bits per heavy atom. The quantitative estimate of drug-likeness (QED) is 0.307. The molecule has 30 heavy (non-hydrogen) atoms. The first-order valence-electron chi connectivity index (χ1n) is 10.3. The maximum atomic E-state index is 13.1. The average Bonchev–Trinajstić information content (AvgIpc) is 3.01. The zero-order chi connectivity index (χ0) is 22.4. The number of nitrogens with two attached hydrogens (primary N) is 2. The minimum atomic E-state index is -2.67. The van der Waals surface area contributed by atoms with Crippen LogP contribution in [-0.2, 0) is 14.4 Å². The number of carbonyl (C=O) groups is 3. The fraction of sp³-hybridized carbons (Fsp3) is 0.842. The minimum Gasteiger partial charge on any atom is -0.377 e. The number of carbonyl (C=O) groups excluding carboxylic acids is 3. The number of halogens is 2. The SMILES string of the molecule is CC1(C)[C@@H]2[C@@H](C(=O)N[C@@H](C[C@@H]3CCNC3=O)C(N)=O)N(C(O)[C@@H](N)CC(F)F)C[C@@H]21. The summed E-state index contributed by atoms with van der Waals surface area (Å²) in [7, 11) is 0. The molecule has 0 spiro atoms. The highest BCUT2D eigenvalue weighted by Gasteiger charge is 2.69. The van der Waals surface area contributed by atoms with Crippen molar-refractivity contribution in [3.05, 3.63) is 0 Å². The van der Waals surface area contributed by atoms with Gasteiger partial charge in [-0.3, -0.25) is 19.3 Å². The number of nitrogens with one attached hydrogen (secondary N) is 2. The lowest BCUT2D eigenvalue weighted by Gasteiger charge is -2.36. The molecule has 0 aromatic carbocycles. The molecule has 0 bridgehead atoms. The predicted octanol–water partition coefficient (Wildman–Crippen LogP) is -1.26. The monoisotopic (exact) mass is 431 g/mol. The summed E-state index contributed by atoms with van der Waals surface area (Å²) in [6.45, 7) is 4.85. The lowest BCUT2D eigenvalue weighted by atomic mass is 9.96. The summed E-state index contributed by atoms with van der Waals surface area (Å²) in [5.74, 6) is -1.87. The van der Waals surface area contributed by atoms with Crippen molar-refractivity contribution in [1.82, 2.24) is 15.5 Å². The normalized spacial score (nSPS) is 33.0. The van der Waals surface area contributed by atoms with Crippen LogP contribution in [-0.4, -0.2) is 71.6 Å². The van der Waals surface area contributed by atoms with Gasteiger partial charge in [0.15, 0.2) is 0 Å². The van der Waals surface area contributed by atoms with Gasteiger partial charge < -0.3 is 27.2 Å². The lowest BCUT2D eigenvalue weighted by Crippen LogP contribution is -2.59. The summed E-state index contributed by atoms with van der Waals surface area (Å²) < 4.78 is 25.4. The Morgan fingerprint density at radius 1 is 1.40 bits per heavy atom. The Labute approximate surface area is 173 Å². The largest absolute Gasteiger partial charge is 0.377 e. The summed E-state index contributed by atoms with van der Waals surface area (Å²) >= 11 is 0. The number of fused-ring (bicyclic) bond motifs is 1. The highest BCUT2D eigenvalue weighted by molar-refractivity contribution is 5.90. The fourth-order valence-electron chi connectivity index (χ4n) is 5.13. The van der Waals surface area contributed by atoms with E-state index in [2.05, 4.69) is 10.6 Å². The summed E-state index contributed by atoms with van der Waals surface area (Å²) in [6.07, 6.45) is -4.14. The summed E-state index contributed by atoms with van der Waals surface area (Å²) in [5.41, 5.74) is 11.0. The van der Waals surface area contributed by atoms with E-state index in [-0.39, 0.29) is 29.6 Å². The van der Waals surface area contributed by atoms with Gasteiger partial charge in [0.05, 0.1) is 6.04 Å². The van der Waals surface area contributed by atoms with Gasteiger partial charge in [-0.05, 0) is 30.1 Å². The molecule has 2 heterocycles. The van der Waals surface area contributed by atoms with E-state index in [4.69, 9.17) is 11.5 Å². The minimum absolute atomic E-state index is 0.0879. The molecule has 3 amide bonds. The van der Waals surface area contributed by atoms with Crippen molar-refractivity contribution in [1.29, 1.82) is 0 Å². The molecule has 9 nitrogen and oxygen atoms in total. The van der Waals surface area contributed by atoms with Crippen LogP contribution in [0.4, 0.5) is 8.78 Å². The fourth-order valence-corrected chi connectivity index (χ4v) is 5.13. The molecule has 0 aromatic heterocycles. The van der Waals surface area contributed by atoms with E-state index in [0.717, 1.165) is 0 Å². The number of amides is 3. The molecule has 3 rings (SSSR count). The molecule has 11 heteroatoms. The molecule has 3 fully saturated rings. The van der Waals surface area contributed by atoms with Gasteiger partial charge in [-0.1, -0.05) is 13.8 Å². The summed E-state index contributed by atoms with van der Waals surface area (Å²) in [5, 5.41) is 15.9. The average molecular weight is 431 g/mol. The first-order valence-corrected chi connectivity index (χ1v) is 10.3. The van der Waals surface area contributed by atoms with Crippen LogP contribution < -0.4 is 22.1 Å². The predicted molar refractivity (Wildman–Crippen MR) is 103 cm³/mol. The zero-order valence-corrected chi connectivity index (χ0v) is 17.2. The van der Waals surface area contributed by atoms with Gasteiger partial charge in [-0.15, -0.1) is 0 Å². The van der Waals surface area contributed by atoms with Crippen LogP contribution in [0.2, 0.25) is 0 Å². The van der Waals surface area contributed by atoms with Gasteiger partial charge in [-0.2, -0.15) is 0 Å². The number of piperidine rings is 1. The Bertz CT molecular complexity index is 706.